The molecule has 18 heavy (non-hydrogen) atoms. The van der Waals surface area contributed by atoms with Crippen LogP contribution in [-0.2, 0) is 0 Å². The zero-order valence-corrected chi connectivity index (χ0v) is 12.3. The number of aliphatic hydroxyl groups excluding tert-OH is 1. The van der Waals surface area contributed by atoms with Crippen LogP contribution in [0.4, 0.5) is 0 Å². The van der Waals surface area contributed by atoms with E-state index in [1.165, 1.54) is 0 Å². The van der Waals surface area contributed by atoms with Crippen LogP contribution >= 0.6 is 15.9 Å². The van der Waals surface area contributed by atoms with Gasteiger partial charge in [0.2, 0.25) is 0 Å². The van der Waals surface area contributed by atoms with Gasteiger partial charge in [0.05, 0.1) is 11.6 Å². The number of halogens is 1. The molecule has 0 saturated heterocycles. The van der Waals surface area contributed by atoms with Gasteiger partial charge in [-0.25, -0.2) is 0 Å². The second-order valence-electron chi connectivity index (χ2n) is 4.75. The SMILES string of the molecule is CCCC(C)C(O)c1ccc(Br)c2cccnc12. The quantitative estimate of drug-likeness (QED) is 0.904. The molecule has 0 aliphatic carbocycles. The summed E-state index contributed by atoms with van der Waals surface area (Å²) < 4.78 is 1.02. The van der Waals surface area contributed by atoms with Gasteiger partial charge in [-0.05, 0) is 24.5 Å². The predicted octanol–water partition coefficient (Wildman–Crippen LogP) is 4.47. The molecule has 1 aromatic heterocycles. The molecule has 1 N–H and O–H groups in total. The van der Waals surface area contributed by atoms with Crippen molar-refractivity contribution in [2.75, 3.05) is 0 Å². The van der Waals surface area contributed by atoms with Gasteiger partial charge in [-0.2, -0.15) is 0 Å². The molecule has 1 heterocycles. The summed E-state index contributed by atoms with van der Waals surface area (Å²) in [7, 11) is 0. The number of aliphatic hydroxyl groups is 1. The average Bonchev–Trinajstić information content (AvgIpc) is 2.39. The zero-order chi connectivity index (χ0) is 13.1. The Balaban J connectivity index is 2.48. The van der Waals surface area contributed by atoms with Gasteiger partial charge in [-0.3, -0.25) is 4.98 Å². The lowest BCUT2D eigenvalue weighted by Crippen LogP contribution is -2.10. The van der Waals surface area contributed by atoms with Gasteiger partial charge in [0.25, 0.3) is 0 Å². The second-order valence-corrected chi connectivity index (χ2v) is 5.60. The highest BCUT2D eigenvalue weighted by molar-refractivity contribution is 9.10. The first-order chi connectivity index (χ1) is 8.65. The summed E-state index contributed by atoms with van der Waals surface area (Å²) in [6.07, 6.45) is 3.43. The summed E-state index contributed by atoms with van der Waals surface area (Å²) in [6, 6.07) is 7.89. The molecule has 0 saturated carbocycles. The Bertz CT molecular complexity index is 541. The maximum absolute atomic E-state index is 10.5. The Morgan fingerprint density at radius 3 is 2.83 bits per heavy atom. The van der Waals surface area contributed by atoms with E-state index in [1.807, 2.05) is 24.3 Å². The molecule has 0 fully saturated rings. The van der Waals surface area contributed by atoms with E-state index in [-0.39, 0.29) is 5.92 Å². The lowest BCUT2D eigenvalue weighted by Gasteiger charge is -2.20. The molecule has 2 atom stereocenters. The number of hydrogen-bond donors (Lipinski definition) is 1. The summed E-state index contributed by atoms with van der Waals surface area (Å²) in [6.45, 7) is 4.23. The third kappa shape index (κ3) is 2.57. The first kappa shape index (κ1) is 13.5. The fourth-order valence-corrected chi connectivity index (χ4v) is 2.77. The number of pyridine rings is 1. The van der Waals surface area contributed by atoms with Gasteiger partial charge in [0.1, 0.15) is 0 Å². The van der Waals surface area contributed by atoms with Crippen LogP contribution in [0.25, 0.3) is 10.9 Å². The van der Waals surface area contributed by atoms with Crippen LogP contribution in [-0.4, -0.2) is 10.1 Å². The molecule has 0 bridgehead atoms. The van der Waals surface area contributed by atoms with Gasteiger partial charge in [0.15, 0.2) is 0 Å². The van der Waals surface area contributed by atoms with Crippen LogP contribution in [0.3, 0.4) is 0 Å². The van der Waals surface area contributed by atoms with E-state index in [2.05, 4.69) is 34.8 Å². The fraction of sp³-hybridized carbons (Fsp3) is 0.400. The van der Waals surface area contributed by atoms with Crippen LogP contribution in [0.2, 0.25) is 0 Å². The summed E-state index contributed by atoms with van der Waals surface area (Å²) in [4.78, 5) is 4.42. The summed E-state index contributed by atoms with van der Waals surface area (Å²) >= 11 is 3.53. The highest BCUT2D eigenvalue weighted by Gasteiger charge is 2.19. The van der Waals surface area contributed by atoms with Crippen LogP contribution in [0.15, 0.2) is 34.9 Å². The third-order valence-corrected chi connectivity index (χ3v) is 4.04. The van der Waals surface area contributed by atoms with Crippen molar-refractivity contribution in [3.05, 3.63) is 40.5 Å². The average molecular weight is 308 g/mol. The molecular formula is C15H18BrNO. The molecule has 2 rings (SSSR count). The van der Waals surface area contributed by atoms with E-state index >= 15 is 0 Å². The molecule has 2 nitrogen and oxygen atoms in total. The zero-order valence-electron chi connectivity index (χ0n) is 10.7. The number of aromatic nitrogens is 1. The molecule has 0 radical (unpaired) electrons. The minimum Gasteiger partial charge on any atom is -0.388 e. The van der Waals surface area contributed by atoms with Crippen molar-refractivity contribution < 1.29 is 5.11 Å². The van der Waals surface area contributed by atoms with Crippen LogP contribution in [0.1, 0.15) is 38.4 Å². The smallest absolute Gasteiger partial charge is 0.0836 e. The maximum atomic E-state index is 10.5. The molecule has 2 aromatic rings. The van der Waals surface area contributed by atoms with Crippen molar-refractivity contribution in [3.63, 3.8) is 0 Å². The molecule has 3 heteroatoms. The summed E-state index contributed by atoms with van der Waals surface area (Å²) in [5.41, 5.74) is 1.82. The Labute approximate surface area is 116 Å². The topological polar surface area (TPSA) is 33.1 Å². The molecule has 0 spiro atoms. The number of fused-ring (bicyclic) bond motifs is 1. The van der Waals surface area contributed by atoms with Crippen molar-refractivity contribution >= 4 is 26.8 Å². The van der Waals surface area contributed by atoms with Gasteiger partial charge in [-0.15, -0.1) is 0 Å². The Kier molecular flexibility index (Phi) is 4.36. The van der Waals surface area contributed by atoms with Crippen molar-refractivity contribution in [1.82, 2.24) is 4.98 Å². The minimum absolute atomic E-state index is 0.251. The molecule has 0 aliphatic rings. The van der Waals surface area contributed by atoms with E-state index in [0.29, 0.717) is 0 Å². The Morgan fingerprint density at radius 2 is 2.11 bits per heavy atom. The van der Waals surface area contributed by atoms with Gasteiger partial charge in [-0.1, -0.05) is 48.3 Å². The standard InChI is InChI=1S/C15H18BrNO/c1-3-5-10(2)15(18)12-7-8-13(16)11-6-4-9-17-14(11)12/h4,6-10,15,18H,3,5H2,1-2H3. The lowest BCUT2D eigenvalue weighted by atomic mass is 9.92. The third-order valence-electron chi connectivity index (χ3n) is 3.35. The highest BCUT2D eigenvalue weighted by Crippen LogP contribution is 2.33. The van der Waals surface area contributed by atoms with Gasteiger partial charge < -0.3 is 5.11 Å². The van der Waals surface area contributed by atoms with Gasteiger partial charge >= 0.3 is 0 Å². The number of hydrogen-bond acceptors (Lipinski definition) is 2. The van der Waals surface area contributed by atoms with Gasteiger partial charge in [0, 0.05) is 21.6 Å². The molecule has 1 aromatic carbocycles. The number of nitrogens with zero attached hydrogens (tertiary/aromatic N) is 1. The van der Waals surface area contributed by atoms with Crippen LogP contribution < -0.4 is 0 Å². The first-order valence-corrected chi connectivity index (χ1v) is 7.15. The van der Waals surface area contributed by atoms with E-state index in [9.17, 15) is 5.11 Å². The van der Waals surface area contributed by atoms with Crippen molar-refractivity contribution in [2.24, 2.45) is 5.92 Å². The van der Waals surface area contributed by atoms with Crippen molar-refractivity contribution in [2.45, 2.75) is 32.8 Å². The number of rotatable bonds is 4. The minimum atomic E-state index is -0.449. The first-order valence-electron chi connectivity index (χ1n) is 6.36. The molecular weight excluding hydrogens is 290 g/mol. The molecule has 0 amide bonds. The van der Waals surface area contributed by atoms with E-state index < -0.39 is 6.10 Å². The largest absolute Gasteiger partial charge is 0.388 e. The van der Waals surface area contributed by atoms with Crippen molar-refractivity contribution in [3.8, 4) is 0 Å². The Hall–Kier alpha value is -0.930. The van der Waals surface area contributed by atoms with E-state index in [1.54, 1.807) is 6.20 Å². The summed E-state index contributed by atoms with van der Waals surface area (Å²) in [5.74, 6) is 0.251. The second kappa shape index (κ2) is 5.81. The molecule has 96 valence electrons. The summed E-state index contributed by atoms with van der Waals surface area (Å²) in [5, 5.41) is 11.5. The molecule has 2 unspecified atom stereocenters. The lowest BCUT2D eigenvalue weighted by molar-refractivity contribution is 0.113. The molecule has 0 aliphatic heterocycles. The monoisotopic (exact) mass is 307 g/mol. The van der Waals surface area contributed by atoms with Crippen LogP contribution in [0, 0.1) is 5.92 Å². The normalized spacial score (nSPS) is 14.7. The van der Waals surface area contributed by atoms with Crippen molar-refractivity contribution in [1.29, 1.82) is 0 Å². The van der Waals surface area contributed by atoms with E-state index in [0.717, 1.165) is 33.8 Å². The Morgan fingerprint density at radius 1 is 1.33 bits per heavy atom. The van der Waals surface area contributed by atoms with E-state index in [4.69, 9.17) is 0 Å². The fourth-order valence-electron chi connectivity index (χ4n) is 2.32. The van der Waals surface area contributed by atoms with Crippen LogP contribution in [0.5, 0.6) is 0 Å². The highest BCUT2D eigenvalue weighted by atomic mass is 79.9. The maximum Gasteiger partial charge on any atom is 0.0836 e. The predicted molar refractivity (Wildman–Crippen MR) is 78.5 cm³/mol. The number of benzene rings is 1.